The molecule has 1 heterocycles. The zero-order valence-electron chi connectivity index (χ0n) is 10.0. The first kappa shape index (κ1) is 15.1. The van der Waals surface area contributed by atoms with Gasteiger partial charge in [0.15, 0.2) is 0 Å². The van der Waals surface area contributed by atoms with Gasteiger partial charge in [-0.1, -0.05) is 47.8 Å². The smallest absolute Gasteiger partial charge is 0.124 e. The summed E-state index contributed by atoms with van der Waals surface area (Å²) in [6, 6.07) is 5.94. The molecule has 0 spiro atoms. The highest BCUT2D eigenvalue weighted by molar-refractivity contribution is 7.20. The van der Waals surface area contributed by atoms with Crippen LogP contribution in [0.2, 0.25) is 13.7 Å². The van der Waals surface area contributed by atoms with E-state index in [4.69, 9.17) is 34.8 Å². The third-order valence-corrected chi connectivity index (χ3v) is 4.52. The van der Waals surface area contributed by atoms with E-state index in [0.29, 0.717) is 13.7 Å². The summed E-state index contributed by atoms with van der Waals surface area (Å²) in [4.78, 5) is 0. The maximum Gasteiger partial charge on any atom is 0.124 e. The molecule has 0 aliphatic carbocycles. The topological polar surface area (TPSA) is 12.0 Å². The van der Waals surface area contributed by atoms with Crippen molar-refractivity contribution in [2.24, 2.45) is 0 Å². The number of halogens is 4. The van der Waals surface area contributed by atoms with Gasteiger partial charge >= 0.3 is 0 Å². The second kappa shape index (κ2) is 6.42. The molecule has 0 aliphatic rings. The highest BCUT2D eigenvalue weighted by atomic mass is 35.5. The van der Waals surface area contributed by atoms with Crippen LogP contribution < -0.4 is 5.32 Å². The van der Waals surface area contributed by atoms with Gasteiger partial charge in [0, 0.05) is 10.6 Å². The molecule has 6 heteroatoms. The lowest BCUT2D eigenvalue weighted by Crippen LogP contribution is -2.22. The number of hydrogen-bond acceptors (Lipinski definition) is 2. The van der Waals surface area contributed by atoms with E-state index >= 15 is 0 Å². The Kier molecular flexibility index (Phi) is 5.09. The molecule has 1 aromatic carbocycles. The second-order valence-corrected chi connectivity index (χ2v) is 6.63. The highest BCUT2D eigenvalue weighted by Crippen LogP contribution is 2.39. The number of hydrogen-bond donors (Lipinski definition) is 1. The predicted octanol–water partition coefficient (Wildman–Crippen LogP) is 5.55. The van der Waals surface area contributed by atoms with Crippen molar-refractivity contribution in [3.63, 3.8) is 0 Å². The van der Waals surface area contributed by atoms with Crippen LogP contribution in [0.5, 0.6) is 0 Å². The summed E-state index contributed by atoms with van der Waals surface area (Å²) in [5, 5.41) is 3.65. The molecule has 0 amide bonds. The van der Waals surface area contributed by atoms with E-state index in [2.05, 4.69) is 5.32 Å². The monoisotopic (exact) mass is 337 g/mol. The van der Waals surface area contributed by atoms with E-state index in [0.717, 1.165) is 17.7 Å². The van der Waals surface area contributed by atoms with Crippen molar-refractivity contribution in [2.75, 3.05) is 6.54 Å². The molecule has 0 saturated carbocycles. The molecule has 2 aromatic rings. The quantitative estimate of drug-likeness (QED) is 0.771. The Morgan fingerprint density at radius 3 is 2.47 bits per heavy atom. The van der Waals surface area contributed by atoms with Crippen LogP contribution in [0.1, 0.15) is 24.1 Å². The SMILES string of the molecule is CCNC(c1ccc(F)cc1Cl)c1cc(Cl)sc1Cl. The molecule has 1 unspecified atom stereocenters. The Balaban J connectivity index is 2.48. The average Bonchev–Trinajstić information content (AvgIpc) is 2.66. The second-order valence-electron chi connectivity index (χ2n) is 3.94. The first-order valence-electron chi connectivity index (χ1n) is 5.66. The van der Waals surface area contributed by atoms with E-state index in [1.807, 2.05) is 13.0 Å². The molecule has 0 saturated heterocycles. The molecule has 2 rings (SSSR count). The Labute approximate surface area is 130 Å². The fourth-order valence-corrected chi connectivity index (χ4v) is 3.69. The van der Waals surface area contributed by atoms with Crippen LogP contribution >= 0.6 is 46.1 Å². The third-order valence-electron chi connectivity index (χ3n) is 2.68. The zero-order chi connectivity index (χ0) is 14.0. The normalized spacial score (nSPS) is 12.7. The van der Waals surface area contributed by atoms with E-state index in [1.165, 1.54) is 23.5 Å². The Hall–Kier alpha value is -0.320. The van der Waals surface area contributed by atoms with E-state index in [1.54, 1.807) is 6.07 Å². The summed E-state index contributed by atoms with van der Waals surface area (Å²) >= 11 is 19.6. The van der Waals surface area contributed by atoms with Gasteiger partial charge in [0.05, 0.1) is 14.7 Å². The number of rotatable bonds is 4. The Morgan fingerprint density at radius 1 is 1.21 bits per heavy atom. The van der Waals surface area contributed by atoms with Crippen molar-refractivity contribution in [1.82, 2.24) is 5.32 Å². The van der Waals surface area contributed by atoms with Gasteiger partial charge in [-0.3, -0.25) is 0 Å². The molecule has 0 bridgehead atoms. The maximum atomic E-state index is 13.1. The van der Waals surface area contributed by atoms with Crippen LogP contribution in [-0.4, -0.2) is 6.54 Å². The van der Waals surface area contributed by atoms with E-state index < -0.39 is 0 Å². The standard InChI is InChI=1S/C13H11Cl3FNS/c1-2-18-12(9-6-11(15)19-13(9)16)8-4-3-7(17)5-10(8)14/h3-6,12,18H,2H2,1H3. The van der Waals surface area contributed by atoms with Gasteiger partial charge < -0.3 is 5.32 Å². The number of thiophene rings is 1. The van der Waals surface area contributed by atoms with E-state index in [9.17, 15) is 4.39 Å². The first-order chi connectivity index (χ1) is 9.02. The Bertz CT molecular complexity index is 585. The van der Waals surface area contributed by atoms with Crippen LogP contribution in [-0.2, 0) is 0 Å². The summed E-state index contributed by atoms with van der Waals surface area (Å²) in [6.45, 7) is 2.70. The van der Waals surface area contributed by atoms with Crippen molar-refractivity contribution < 1.29 is 4.39 Å². The molecule has 1 aromatic heterocycles. The number of benzene rings is 1. The van der Waals surface area contributed by atoms with Crippen molar-refractivity contribution in [2.45, 2.75) is 13.0 Å². The average molecular weight is 339 g/mol. The summed E-state index contributed by atoms with van der Waals surface area (Å²) in [5.74, 6) is -0.363. The maximum absolute atomic E-state index is 13.1. The molecule has 0 aliphatic heterocycles. The van der Waals surface area contributed by atoms with Crippen molar-refractivity contribution in [3.8, 4) is 0 Å². The minimum Gasteiger partial charge on any atom is -0.306 e. The number of nitrogens with one attached hydrogen (secondary N) is 1. The third kappa shape index (κ3) is 3.41. The minimum atomic E-state index is -0.363. The molecule has 1 atom stereocenters. The molecule has 1 nitrogen and oxygen atoms in total. The molecule has 0 radical (unpaired) electrons. The van der Waals surface area contributed by atoms with Crippen LogP contribution in [0, 0.1) is 5.82 Å². The summed E-state index contributed by atoms with van der Waals surface area (Å²) in [5.41, 5.74) is 1.63. The fourth-order valence-electron chi connectivity index (χ4n) is 1.88. The summed E-state index contributed by atoms with van der Waals surface area (Å²) in [6.07, 6.45) is 0. The molecule has 19 heavy (non-hydrogen) atoms. The molecule has 0 fully saturated rings. The van der Waals surface area contributed by atoms with Gasteiger partial charge in [-0.15, -0.1) is 11.3 Å². The van der Waals surface area contributed by atoms with E-state index in [-0.39, 0.29) is 11.9 Å². The molecular weight excluding hydrogens is 328 g/mol. The highest BCUT2D eigenvalue weighted by Gasteiger charge is 2.21. The lowest BCUT2D eigenvalue weighted by Gasteiger charge is -2.19. The fraction of sp³-hybridized carbons (Fsp3) is 0.231. The van der Waals surface area contributed by atoms with Crippen LogP contribution in [0.4, 0.5) is 4.39 Å². The minimum absolute atomic E-state index is 0.200. The summed E-state index contributed by atoms with van der Waals surface area (Å²) < 4.78 is 14.4. The summed E-state index contributed by atoms with van der Waals surface area (Å²) in [7, 11) is 0. The Morgan fingerprint density at radius 2 is 1.95 bits per heavy atom. The molecule has 102 valence electrons. The van der Waals surface area contributed by atoms with Crippen LogP contribution in [0.15, 0.2) is 24.3 Å². The van der Waals surface area contributed by atoms with Gasteiger partial charge in [0.1, 0.15) is 5.82 Å². The zero-order valence-corrected chi connectivity index (χ0v) is 13.1. The van der Waals surface area contributed by atoms with Gasteiger partial charge in [-0.05, 0) is 30.3 Å². The van der Waals surface area contributed by atoms with Crippen LogP contribution in [0.3, 0.4) is 0 Å². The lowest BCUT2D eigenvalue weighted by atomic mass is 10.0. The largest absolute Gasteiger partial charge is 0.306 e. The lowest BCUT2D eigenvalue weighted by molar-refractivity contribution is 0.614. The van der Waals surface area contributed by atoms with Crippen molar-refractivity contribution in [1.29, 1.82) is 0 Å². The molecular formula is C13H11Cl3FNS. The van der Waals surface area contributed by atoms with Gasteiger partial charge in [0.25, 0.3) is 0 Å². The predicted molar refractivity (Wildman–Crippen MR) is 81.3 cm³/mol. The molecule has 1 N–H and O–H groups in total. The van der Waals surface area contributed by atoms with Crippen LogP contribution in [0.25, 0.3) is 0 Å². The van der Waals surface area contributed by atoms with Crippen molar-refractivity contribution in [3.05, 3.63) is 54.9 Å². The van der Waals surface area contributed by atoms with Crippen molar-refractivity contribution >= 4 is 46.1 Å². The van der Waals surface area contributed by atoms with Gasteiger partial charge in [0.2, 0.25) is 0 Å². The van der Waals surface area contributed by atoms with Gasteiger partial charge in [-0.25, -0.2) is 4.39 Å². The van der Waals surface area contributed by atoms with Gasteiger partial charge in [-0.2, -0.15) is 0 Å². The first-order valence-corrected chi connectivity index (χ1v) is 7.61.